The van der Waals surface area contributed by atoms with Crippen molar-refractivity contribution in [3.8, 4) is 0 Å². The Hall–Kier alpha value is -2.97. The van der Waals surface area contributed by atoms with Gasteiger partial charge in [-0.25, -0.2) is 4.79 Å². The zero-order chi connectivity index (χ0) is 17.7. The van der Waals surface area contributed by atoms with Gasteiger partial charge in [0.05, 0.1) is 25.5 Å². The molecule has 0 aliphatic heterocycles. The molecule has 0 fully saturated rings. The van der Waals surface area contributed by atoms with Crippen molar-refractivity contribution in [1.82, 2.24) is 5.32 Å². The lowest BCUT2D eigenvalue weighted by atomic mass is 10.1. The van der Waals surface area contributed by atoms with Gasteiger partial charge in [-0.15, -0.1) is 0 Å². The molecule has 6 nitrogen and oxygen atoms in total. The Bertz CT molecular complexity index is 727. The highest BCUT2D eigenvalue weighted by atomic mass is 19.4. The normalized spacial score (nSPS) is 11.0. The molecule has 0 aliphatic rings. The second-order valence-electron chi connectivity index (χ2n) is 4.68. The predicted molar refractivity (Wildman–Crippen MR) is 77.3 cm³/mol. The van der Waals surface area contributed by atoms with Gasteiger partial charge in [0.1, 0.15) is 5.76 Å². The minimum absolute atomic E-state index is 0.0157. The van der Waals surface area contributed by atoms with Gasteiger partial charge in [0.2, 0.25) is 0 Å². The molecule has 128 valence electrons. The first-order chi connectivity index (χ1) is 11.3. The lowest BCUT2D eigenvalue weighted by Gasteiger charge is -2.12. The van der Waals surface area contributed by atoms with E-state index in [1.165, 1.54) is 6.26 Å². The monoisotopic (exact) mass is 342 g/mol. The average Bonchev–Trinajstić information content (AvgIpc) is 3.04. The van der Waals surface area contributed by atoms with Crippen LogP contribution in [0.2, 0.25) is 0 Å². The van der Waals surface area contributed by atoms with Gasteiger partial charge in [-0.1, -0.05) is 0 Å². The van der Waals surface area contributed by atoms with Crippen LogP contribution < -0.4 is 10.6 Å². The summed E-state index contributed by atoms with van der Waals surface area (Å²) in [6, 6.07) is 5.74. The zero-order valence-corrected chi connectivity index (χ0v) is 12.4. The maximum Gasteiger partial charge on any atom is 0.416 e. The number of hydrogen-bond acceptors (Lipinski definition) is 4. The van der Waals surface area contributed by atoms with E-state index in [9.17, 15) is 22.8 Å². The van der Waals surface area contributed by atoms with Crippen LogP contribution in [0.3, 0.4) is 0 Å². The molecule has 0 radical (unpaired) electrons. The Kier molecular flexibility index (Phi) is 5.12. The van der Waals surface area contributed by atoms with Crippen LogP contribution in [-0.4, -0.2) is 19.1 Å². The molecule has 1 aromatic carbocycles. The maximum atomic E-state index is 12.9. The third-order valence-electron chi connectivity index (χ3n) is 2.96. The van der Waals surface area contributed by atoms with Crippen molar-refractivity contribution in [2.45, 2.75) is 12.7 Å². The average molecular weight is 342 g/mol. The van der Waals surface area contributed by atoms with Gasteiger partial charge in [0.25, 0.3) is 5.91 Å². The Morgan fingerprint density at radius 2 is 2.00 bits per heavy atom. The number of hydrogen-bond donors (Lipinski definition) is 2. The van der Waals surface area contributed by atoms with Crippen LogP contribution in [0.4, 0.5) is 23.7 Å². The highest BCUT2D eigenvalue weighted by Gasteiger charge is 2.32. The fourth-order valence-electron chi connectivity index (χ4n) is 1.85. The summed E-state index contributed by atoms with van der Waals surface area (Å²) in [5, 5.41) is 4.54. The number of rotatable bonds is 4. The van der Waals surface area contributed by atoms with Gasteiger partial charge in [-0.3, -0.25) is 10.1 Å². The number of furan rings is 1. The second-order valence-corrected chi connectivity index (χ2v) is 4.68. The SMILES string of the molecule is COC(=O)Nc1cc(C(=O)NCc2ccco2)cc(C(F)(F)F)c1. The molecule has 0 bridgehead atoms. The number of methoxy groups -OCH3 is 1. The summed E-state index contributed by atoms with van der Waals surface area (Å²) in [7, 11) is 1.07. The van der Waals surface area contributed by atoms with Crippen LogP contribution in [-0.2, 0) is 17.5 Å². The first kappa shape index (κ1) is 17.4. The Morgan fingerprint density at radius 1 is 1.25 bits per heavy atom. The van der Waals surface area contributed by atoms with Crippen LogP contribution >= 0.6 is 0 Å². The Balaban J connectivity index is 2.24. The summed E-state index contributed by atoms with van der Waals surface area (Å²) < 4.78 is 48.2. The van der Waals surface area contributed by atoms with E-state index in [-0.39, 0.29) is 17.8 Å². The van der Waals surface area contributed by atoms with E-state index in [0.717, 1.165) is 13.2 Å². The molecule has 0 atom stereocenters. The topological polar surface area (TPSA) is 80.6 Å². The fourth-order valence-corrected chi connectivity index (χ4v) is 1.85. The highest BCUT2D eigenvalue weighted by molar-refractivity contribution is 5.96. The smallest absolute Gasteiger partial charge is 0.416 e. The lowest BCUT2D eigenvalue weighted by molar-refractivity contribution is -0.137. The molecule has 9 heteroatoms. The number of amides is 2. The summed E-state index contributed by atoms with van der Waals surface area (Å²) in [6.07, 6.45) is -4.22. The molecule has 0 spiro atoms. The molecule has 1 aromatic heterocycles. The minimum atomic E-state index is -4.68. The number of anilines is 1. The molecule has 0 unspecified atom stereocenters. The minimum Gasteiger partial charge on any atom is -0.467 e. The quantitative estimate of drug-likeness (QED) is 0.892. The largest absolute Gasteiger partial charge is 0.467 e. The third-order valence-corrected chi connectivity index (χ3v) is 2.96. The van der Waals surface area contributed by atoms with Crippen LogP contribution in [0.15, 0.2) is 41.0 Å². The van der Waals surface area contributed by atoms with Crippen molar-refractivity contribution in [1.29, 1.82) is 0 Å². The van der Waals surface area contributed by atoms with Gasteiger partial charge < -0.3 is 14.5 Å². The van der Waals surface area contributed by atoms with Crippen molar-refractivity contribution in [2.24, 2.45) is 0 Å². The third kappa shape index (κ3) is 4.51. The molecule has 2 rings (SSSR count). The van der Waals surface area contributed by atoms with Crippen LogP contribution in [0.5, 0.6) is 0 Å². The number of halogens is 3. The van der Waals surface area contributed by atoms with Crippen LogP contribution in [0.1, 0.15) is 21.7 Å². The van der Waals surface area contributed by atoms with E-state index < -0.39 is 23.7 Å². The summed E-state index contributed by atoms with van der Waals surface area (Å²) in [4.78, 5) is 23.2. The molecule has 0 saturated carbocycles. The summed E-state index contributed by atoms with van der Waals surface area (Å²) in [5.41, 5.74) is -1.54. The van der Waals surface area contributed by atoms with Crippen molar-refractivity contribution >= 4 is 17.7 Å². The van der Waals surface area contributed by atoms with Gasteiger partial charge >= 0.3 is 12.3 Å². The van der Waals surface area contributed by atoms with Crippen LogP contribution in [0.25, 0.3) is 0 Å². The van der Waals surface area contributed by atoms with Gasteiger partial charge in [0.15, 0.2) is 0 Å². The molecule has 0 aliphatic carbocycles. The van der Waals surface area contributed by atoms with Crippen molar-refractivity contribution < 1.29 is 31.9 Å². The molecular formula is C15H13F3N2O4. The second kappa shape index (κ2) is 7.07. The van der Waals surface area contributed by atoms with Gasteiger partial charge in [0, 0.05) is 11.3 Å². The number of nitrogens with one attached hydrogen (secondary N) is 2. The van der Waals surface area contributed by atoms with Gasteiger partial charge in [-0.05, 0) is 30.3 Å². The van der Waals surface area contributed by atoms with Crippen molar-refractivity contribution in [3.63, 3.8) is 0 Å². The molecule has 2 aromatic rings. The van der Waals surface area contributed by atoms with Crippen LogP contribution in [0, 0.1) is 0 Å². The molecule has 1 heterocycles. The first-order valence-corrected chi connectivity index (χ1v) is 6.67. The standard InChI is InChI=1S/C15H13F3N2O4/c1-23-14(22)20-11-6-9(5-10(7-11)15(16,17)18)13(21)19-8-12-3-2-4-24-12/h2-7H,8H2,1H3,(H,19,21)(H,20,22). The predicted octanol–water partition coefficient (Wildman–Crippen LogP) is 3.41. The first-order valence-electron chi connectivity index (χ1n) is 6.67. The molecule has 2 N–H and O–H groups in total. The molecule has 0 saturated heterocycles. The van der Waals surface area contributed by atoms with E-state index in [4.69, 9.17) is 4.42 Å². The summed E-state index contributed by atoms with van der Waals surface area (Å²) >= 11 is 0. The molecule has 24 heavy (non-hydrogen) atoms. The number of alkyl halides is 3. The number of carbonyl (C=O) groups excluding carboxylic acids is 2. The number of ether oxygens (including phenoxy) is 1. The number of benzene rings is 1. The Morgan fingerprint density at radius 3 is 2.58 bits per heavy atom. The maximum absolute atomic E-state index is 12.9. The van der Waals surface area contributed by atoms with Gasteiger partial charge in [-0.2, -0.15) is 13.2 Å². The van der Waals surface area contributed by atoms with Crippen molar-refractivity contribution in [2.75, 3.05) is 12.4 Å². The lowest BCUT2D eigenvalue weighted by Crippen LogP contribution is -2.23. The molecule has 2 amide bonds. The fraction of sp³-hybridized carbons (Fsp3) is 0.200. The van der Waals surface area contributed by atoms with E-state index >= 15 is 0 Å². The molecular weight excluding hydrogens is 329 g/mol. The van der Waals surface area contributed by atoms with Crippen molar-refractivity contribution in [3.05, 3.63) is 53.5 Å². The number of carbonyl (C=O) groups is 2. The Labute approximate surface area is 134 Å². The summed E-state index contributed by atoms with van der Waals surface area (Å²) in [5.74, 6) is -0.298. The van der Waals surface area contributed by atoms with E-state index in [1.807, 2.05) is 0 Å². The zero-order valence-electron chi connectivity index (χ0n) is 12.4. The summed E-state index contributed by atoms with van der Waals surface area (Å²) in [6.45, 7) is 0.0157. The van der Waals surface area contributed by atoms with E-state index in [1.54, 1.807) is 12.1 Å². The van der Waals surface area contributed by atoms with E-state index in [0.29, 0.717) is 17.9 Å². The van der Waals surface area contributed by atoms with E-state index in [2.05, 4.69) is 15.4 Å². The highest BCUT2D eigenvalue weighted by Crippen LogP contribution is 2.32.